The fourth-order valence-electron chi connectivity index (χ4n) is 0.883. The Hall–Kier alpha value is -0.890. The normalized spacial score (nSPS) is 9.50. The molecule has 2 nitrogen and oxygen atoms in total. The second-order valence-corrected chi connectivity index (χ2v) is 2.38. The quantitative estimate of drug-likeness (QED) is 0.674. The molecule has 1 rings (SSSR count). The van der Waals surface area contributed by atoms with E-state index >= 15 is 0 Å². The van der Waals surface area contributed by atoms with Crippen LogP contribution < -0.4 is 9.47 Å². The van der Waals surface area contributed by atoms with Gasteiger partial charge < -0.3 is 9.47 Å². The first-order valence-corrected chi connectivity index (χ1v) is 4.32. The lowest BCUT2D eigenvalue weighted by Gasteiger charge is -2.05. The van der Waals surface area contributed by atoms with E-state index in [9.17, 15) is 0 Å². The predicted molar refractivity (Wildman–Crippen MR) is 49.0 cm³/mol. The smallest absolute Gasteiger partial charge is 0.162 e. The molecule has 0 amide bonds. The number of hydrogen-bond donors (Lipinski definition) is 0. The van der Waals surface area contributed by atoms with Gasteiger partial charge in [0.2, 0.25) is 0 Å². The highest BCUT2D eigenvalue weighted by atomic mass is 35.5. The molecule has 1 aromatic carbocycles. The van der Waals surface area contributed by atoms with Gasteiger partial charge in [0, 0.05) is 6.07 Å². The molecule has 12 heavy (non-hydrogen) atoms. The molecule has 0 saturated heterocycles. The van der Waals surface area contributed by atoms with Crippen LogP contribution in [0.4, 0.5) is 0 Å². The molecule has 0 aliphatic carbocycles. The van der Waals surface area contributed by atoms with Gasteiger partial charge in [-0.15, -0.1) is 0 Å². The van der Waals surface area contributed by atoms with E-state index in [1.54, 1.807) is 0 Å². The van der Waals surface area contributed by atoms with E-state index in [0.717, 1.165) is 11.5 Å². The van der Waals surface area contributed by atoms with Crippen LogP contribution >= 0.6 is 11.6 Å². The minimum Gasteiger partial charge on any atom is -0.494 e. The van der Waals surface area contributed by atoms with Crippen molar-refractivity contribution in [1.82, 2.24) is 0 Å². The highest BCUT2D eigenvalue weighted by Crippen LogP contribution is 2.19. The van der Waals surface area contributed by atoms with Crippen LogP contribution in [0.2, 0.25) is 0 Å². The Morgan fingerprint density at radius 3 is 2.50 bits per heavy atom. The molecule has 3 heteroatoms. The van der Waals surface area contributed by atoms with E-state index in [0.29, 0.717) is 6.61 Å². The molecule has 0 aliphatic rings. The molecular formula is C9H11ClO2. The highest BCUT2D eigenvalue weighted by Gasteiger charge is 1.95. The van der Waals surface area contributed by atoms with E-state index in [1.165, 1.54) is 0 Å². The van der Waals surface area contributed by atoms with Crippen molar-refractivity contribution in [3.63, 3.8) is 0 Å². The summed E-state index contributed by atoms with van der Waals surface area (Å²) in [5.41, 5.74) is 0. The number of benzene rings is 1. The topological polar surface area (TPSA) is 18.5 Å². The third-order valence-electron chi connectivity index (χ3n) is 1.34. The zero-order valence-electron chi connectivity index (χ0n) is 6.92. The van der Waals surface area contributed by atoms with Crippen molar-refractivity contribution in [2.24, 2.45) is 0 Å². The van der Waals surface area contributed by atoms with Gasteiger partial charge in [0.05, 0.1) is 6.61 Å². The van der Waals surface area contributed by atoms with Gasteiger partial charge in [0.25, 0.3) is 0 Å². The summed E-state index contributed by atoms with van der Waals surface area (Å²) in [5, 5.41) is 0. The van der Waals surface area contributed by atoms with E-state index in [4.69, 9.17) is 21.1 Å². The van der Waals surface area contributed by atoms with Crippen molar-refractivity contribution in [1.29, 1.82) is 0 Å². The maximum atomic E-state index is 5.40. The van der Waals surface area contributed by atoms with Crippen molar-refractivity contribution in [3.05, 3.63) is 24.3 Å². The van der Waals surface area contributed by atoms with E-state index in [-0.39, 0.29) is 6.07 Å². The van der Waals surface area contributed by atoms with Gasteiger partial charge in [-0.05, 0) is 19.1 Å². The fraction of sp³-hybridized carbons (Fsp3) is 0.333. The zero-order valence-corrected chi connectivity index (χ0v) is 7.67. The molecule has 0 saturated carbocycles. The minimum absolute atomic E-state index is 0.162. The molecule has 0 atom stereocenters. The number of ether oxygens (including phenoxy) is 2. The summed E-state index contributed by atoms with van der Waals surface area (Å²) in [6, 6.07) is 7.56. The molecule has 66 valence electrons. The molecule has 0 aromatic heterocycles. The van der Waals surface area contributed by atoms with Gasteiger partial charge in [0.15, 0.2) is 6.07 Å². The Morgan fingerprint density at radius 2 is 1.92 bits per heavy atom. The standard InChI is InChI=1S/C9H11ClO2/c1-2-11-8-4-3-5-9(6-8)12-7-10/h3-6H,2,7H2,1H3. The fourth-order valence-corrected chi connectivity index (χ4v) is 1.01. The lowest BCUT2D eigenvalue weighted by atomic mass is 10.3. The summed E-state index contributed by atoms with van der Waals surface area (Å²) in [7, 11) is 0. The van der Waals surface area contributed by atoms with Gasteiger partial charge in [-0.3, -0.25) is 0 Å². The van der Waals surface area contributed by atoms with Crippen LogP contribution in [0.5, 0.6) is 11.5 Å². The average Bonchev–Trinajstić information content (AvgIpc) is 2.06. The molecule has 0 bridgehead atoms. The van der Waals surface area contributed by atoms with Crippen molar-refractivity contribution in [2.75, 3.05) is 12.7 Å². The number of halogens is 1. The maximum absolute atomic E-state index is 5.40. The Bertz CT molecular complexity index is 216. The third kappa shape index (κ3) is 2.62. The van der Waals surface area contributed by atoms with E-state index in [1.807, 2.05) is 31.2 Å². The first kappa shape index (κ1) is 9.20. The molecular weight excluding hydrogens is 176 g/mol. The predicted octanol–water partition coefficient (Wildman–Crippen LogP) is 2.66. The number of rotatable bonds is 4. The molecule has 0 fully saturated rings. The highest BCUT2D eigenvalue weighted by molar-refractivity contribution is 6.17. The van der Waals surface area contributed by atoms with Crippen LogP contribution in [0.25, 0.3) is 0 Å². The lowest BCUT2D eigenvalue weighted by molar-refractivity contribution is 0.334. The van der Waals surface area contributed by atoms with Crippen molar-refractivity contribution in [3.8, 4) is 11.5 Å². The monoisotopic (exact) mass is 186 g/mol. The van der Waals surface area contributed by atoms with E-state index in [2.05, 4.69) is 0 Å². The number of hydrogen-bond acceptors (Lipinski definition) is 2. The van der Waals surface area contributed by atoms with Crippen LogP contribution in [-0.4, -0.2) is 12.7 Å². The molecule has 0 aliphatic heterocycles. The second-order valence-electron chi connectivity index (χ2n) is 2.16. The molecule has 0 heterocycles. The van der Waals surface area contributed by atoms with Gasteiger partial charge in [0.1, 0.15) is 11.5 Å². The van der Waals surface area contributed by atoms with Gasteiger partial charge in [-0.25, -0.2) is 0 Å². The SMILES string of the molecule is CCOc1cccc(OCCl)c1. The average molecular weight is 187 g/mol. The molecule has 0 spiro atoms. The Balaban J connectivity index is 2.67. The Morgan fingerprint density at radius 1 is 1.25 bits per heavy atom. The largest absolute Gasteiger partial charge is 0.494 e. The second kappa shape index (κ2) is 4.88. The zero-order chi connectivity index (χ0) is 8.81. The van der Waals surface area contributed by atoms with Crippen LogP contribution in [0.3, 0.4) is 0 Å². The summed E-state index contributed by atoms with van der Waals surface area (Å²) in [5.74, 6) is 1.54. The first-order valence-electron chi connectivity index (χ1n) is 3.78. The Kier molecular flexibility index (Phi) is 3.74. The van der Waals surface area contributed by atoms with Crippen LogP contribution in [0, 0.1) is 0 Å². The van der Waals surface area contributed by atoms with Gasteiger partial charge in [-0.2, -0.15) is 0 Å². The Labute approximate surface area is 77.1 Å². The van der Waals surface area contributed by atoms with E-state index < -0.39 is 0 Å². The molecule has 1 aromatic rings. The number of alkyl halides is 1. The maximum Gasteiger partial charge on any atom is 0.162 e. The van der Waals surface area contributed by atoms with Gasteiger partial charge in [-0.1, -0.05) is 17.7 Å². The van der Waals surface area contributed by atoms with Crippen molar-refractivity contribution >= 4 is 11.6 Å². The first-order chi connectivity index (χ1) is 5.86. The minimum atomic E-state index is 0.162. The van der Waals surface area contributed by atoms with Crippen molar-refractivity contribution in [2.45, 2.75) is 6.92 Å². The summed E-state index contributed by atoms with van der Waals surface area (Å²) in [6.07, 6.45) is 0. The summed E-state index contributed by atoms with van der Waals surface area (Å²) < 4.78 is 10.3. The van der Waals surface area contributed by atoms with Crippen molar-refractivity contribution < 1.29 is 9.47 Å². The third-order valence-corrected chi connectivity index (χ3v) is 1.45. The lowest BCUT2D eigenvalue weighted by Crippen LogP contribution is -1.93. The summed E-state index contributed by atoms with van der Waals surface area (Å²) in [6.45, 7) is 2.60. The van der Waals surface area contributed by atoms with Crippen LogP contribution in [0.15, 0.2) is 24.3 Å². The molecule has 0 unspecified atom stereocenters. The molecule has 0 N–H and O–H groups in total. The van der Waals surface area contributed by atoms with Crippen LogP contribution in [0.1, 0.15) is 6.92 Å². The summed E-state index contributed by atoms with van der Waals surface area (Å²) in [4.78, 5) is 0. The summed E-state index contributed by atoms with van der Waals surface area (Å²) >= 11 is 5.40. The molecule has 0 radical (unpaired) electrons. The van der Waals surface area contributed by atoms with Gasteiger partial charge >= 0.3 is 0 Å². The van der Waals surface area contributed by atoms with Crippen LogP contribution in [-0.2, 0) is 0 Å².